The van der Waals surface area contributed by atoms with Gasteiger partial charge in [0.05, 0.1) is 0 Å². The Hall–Kier alpha value is -3.00. The number of hydrogen-bond acceptors (Lipinski definition) is 3. The van der Waals surface area contributed by atoms with Crippen molar-refractivity contribution < 1.29 is 23.5 Å². The highest BCUT2D eigenvalue weighted by Gasteiger charge is 2.40. The van der Waals surface area contributed by atoms with Crippen molar-refractivity contribution in [1.29, 1.82) is 0 Å². The second-order valence-electron chi connectivity index (χ2n) is 6.25. The smallest absolute Gasteiger partial charge is 0.320 e. The molecule has 1 fully saturated rings. The van der Waals surface area contributed by atoms with Crippen LogP contribution in [-0.4, -0.2) is 29.8 Å². The highest BCUT2D eigenvalue weighted by Crippen LogP contribution is 2.31. The first kappa shape index (κ1) is 18.8. The van der Waals surface area contributed by atoms with Gasteiger partial charge in [-0.1, -0.05) is 0 Å². The van der Waals surface area contributed by atoms with E-state index in [1.165, 1.54) is 53.4 Å². The predicted octanol–water partition coefficient (Wildman–Crippen LogP) is 2.85. The molecule has 2 atom stereocenters. The third kappa shape index (κ3) is 4.40. The summed E-state index contributed by atoms with van der Waals surface area (Å²) in [6, 6.07) is 10.1. The Labute approximate surface area is 154 Å². The Morgan fingerprint density at radius 3 is 2.26 bits per heavy atom. The van der Waals surface area contributed by atoms with Gasteiger partial charge in [0.1, 0.15) is 17.8 Å². The van der Waals surface area contributed by atoms with Gasteiger partial charge in [0.25, 0.3) is 0 Å². The standard InChI is InChI=1S/C19H19F2N3O3/c20-13-1-5-15(6-2-13)22-19(27)23-17-11-12(9-10-25)18(26)24(17)16-7-3-14(21)4-8-16/h1-8,12,17,25H,9-11H2,(H2,22,23,27)/t12-,17+/m0/s1. The van der Waals surface area contributed by atoms with E-state index in [4.69, 9.17) is 0 Å². The van der Waals surface area contributed by atoms with Gasteiger partial charge in [0.2, 0.25) is 5.91 Å². The van der Waals surface area contributed by atoms with Crippen LogP contribution in [0, 0.1) is 17.6 Å². The predicted molar refractivity (Wildman–Crippen MR) is 96.0 cm³/mol. The molecule has 0 saturated carbocycles. The van der Waals surface area contributed by atoms with E-state index in [-0.39, 0.29) is 18.9 Å². The van der Waals surface area contributed by atoms with E-state index in [1.807, 2.05) is 0 Å². The second kappa shape index (κ2) is 8.13. The molecule has 3 N–H and O–H groups in total. The van der Waals surface area contributed by atoms with E-state index in [1.54, 1.807) is 0 Å². The highest BCUT2D eigenvalue weighted by atomic mass is 19.1. The molecule has 2 aromatic rings. The van der Waals surface area contributed by atoms with E-state index in [0.717, 1.165) is 0 Å². The van der Waals surface area contributed by atoms with Gasteiger partial charge in [-0.15, -0.1) is 0 Å². The zero-order valence-corrected chi connectivity index (χ0v) is 14.4. The Morgan fingerprint density at radius 2 is 1.67 bits per heavy atom. The number of carbonyl (C=O) groups excluding carboxylic acids is 2. The zero-order valence-electron chi connectivity index (χ0n) is 14.4. The van der Waals surface area contributed by atoms with Crippen molar-refractivity contribution in [1.82, 2.24) is 5.32 Å². The summed E-state index contributed by atoms with van der Waals surface area (Å²) < 4.78 is 26.2. The van der Waals surface area contributed by atoms with Gasteiger partial charge in [-0.3, -0.25) is 9.69 Å². The molecule has 0 unspecified atom stereocenters. The summed E-state index contributed by atoms with van der Waals surface area (Å²) in [5.74, 6) is -1.55. The number of urea groups is 1. The number of nitrogens with one attached hydrogen (secondary N) is 2. The molecular weight excluding hydrogens is 356 g/mol. The van der Waals surface area contributed by atoms with Gasteiger partial charge in [0.15, 0.2) is 0 Å². The normalized spacial score (nSPS) is 19.2. The van der Waals surface area contributed by atoms with Crippen LogP contribution < -0.4 is 15.5 Å². The first-order chi connectivity index (χ1) is 13.0. The lowest BCUT2D eigenvalue weighted by Crippen LogP contribution is -2.47. The van der Waals surface area contributed by atoms with E-state index < -0.39 is 29.7 Å². The summed E-state index contributed by atoms with van der Waals surface area (Å²) in [7, 11) is 0. The maximum absolute atomic E-state index is 13.2. The molecule has 6 nitrogen and oxygen atoms in total. The van der Waals surface area contributed by atoms with E-state index in [0.29, 0.717) is 17.8 Å². The van der Waals surface area contributed by atoms with Crippen LogP contribution in [0.1, 0.15) is 12.8 Å². The van der Waals surface area contributed by atoms with Crippen molar-refractivity contribution in [2.45, 2.75) is 19.0 Å². The number of amides is 3. The minimum atomic E-state index is -0.653. The zero-order chi connectivity index (χ0) is 19.4. The van der Waals surface area contributed by atoms with Crippen molar-refractivity contribution in [3.63, 3.8) is 0 Å². The fourth-order valence-corrected chi connectivity index (χ4v) is 3.11. The number of carbonyl (C=O) groups is 2. The molecule has 2 aromatic carbocycles. The molecule has 0 spiro atoms. The Kier molecular flexibility index (Phi) is 5.66. The van der Waals surface area contributed by atoms with Crippen molar-refractivity contribution >= 4 is 23.3 Å². The maximum Gasteiger partial charge on any atom is 0.320 e. The Balaban J connectivity index is 1.75. The number of halogens is 2. The topological polar surface area (TPSA) is 81.7 Å². The van der Waals surface area contributed by atoms with Gasteiger partial charge in [-0.2, -0.15) is 0 Å². The number of hydrogen-bond donors (Lipinski definition) is 3. The van der Waals surface area contributed by atoms with Gasteiger partial charge >= 0.3 is 6.03 Å². The summed E-state index contributed by atoms with van der Waals surface area (Å²) in [6.45, 7) is -0.151. The minimum absolute atomic E-state index is 0.151. The largest absolute Gasteiger partial charge is 0.396 e. The molecule has 0 radical (unpaired) electrons. The van der Waals surface area contributed by atoms with Crippen LogP contribution in [0.3, 0.4) is 0 Å². The summed E-state index contributed by atoms with van der Waals surface area (Å²) in [5, 5.41) is 14.5. The average Bonchev–Trinajstić information content (AvgIpc) is 2.93. The third-order valence-electron chi connectivity index (χ3n) is 4.39. The molecule has 3 amide bonds. The van der Waals surface area contributed by atoms with E-state index in [2.05, 4.69) is 10.6 Å². The van der Waals surface area contributed by atoms with Gasteiger partial charge in [-0.25, -0.2) is 13.6 Å². The molecule has 1 saturated heterocycles. The van der Waals surface area contributed by atoms with Crippen LogP contribution in [0.2, 0.25) is 0 Å². The average molecular weight is 375 g/mol. The molecule has 27 heavy (non-hydrogen) atoms. The van der Waals surface area contributed by atoms with Crippen molar-refractivity contribution in [2.24, 2.45) is 5.92 Å². The van der Waals surface area contributed by atoms with Crippen molar-refractivity contribution in [3.05, 3.63) is 60.2 Å². The highest BCUT2D eigenvalue weighted by molar-refractivity contribution is 5.99. The Morgan fingerprint density at radius 1 is 1.07 bits per heavy atom. The molecule has 142 valence electrons. The van der Waals surface area contributed by atoms with Crippen LogP contribution in [0.5, 0.6) is 0 Å². The number of benzene rings is 2. The molecule has 1 heterocycles. The van der Waals surface area contributed by atoms with Crippen LogP contribution in [0.4, 0.5) is 25.0 Å². The number of aliphatic hydroxyl groups is 1. The maximum atomic E-state index is 13.2. The molecule has 0 aliphatic carbocycles. The SMILES string of the molecule is O=C(Nc1ccc(F)cc1)N[C@H]1C[C@H](CCO)C(=O)N1c1ccc(F)cc1. The van der Waals surface area contributed by atoms with Crippen LogP contribution in [0.25, 0.3) is 0 Å². The first-order valence-corrected chi connectivity index (χ1v) is 8.50. The van der Waals surface area contributed by atoms with Gasteiger partial charge in [-0.05, 0) is 61.4 Å². The molecule has 0 bridgehead atoms. The lowest BCUT2D eigenvalue weighted by Gasteiger charge is -2.25. The van der Waals surface area contributed by atoms with E-state index in [9.17, 15) is 23.5 Å². The molecule has 3 rings (SSSR count). The van der Waals surface area contributed by atoms with Gasteiger partial charge in [0, 0.05) is 23.9 Å². The monoisotopic (exact) mass is 375 g/mol. The van der Waals surface area contributed by atoms with Crippen LogP contribution >= 0.6 is 0 Å². The summed E-state index contributed by atoms with van der Waals surface area (Å²) in [5.41, 5.74) is 0.854. The second-order valence-corrected chi connectivity index (χ2v) is 6.25. The lowest BCUT2D eigenvalue weighted by molar-refractivity contribution is -0.120. The van der Waals surface area contributed by atoms with E-state index >= 15 is 0 Å². The minimum Gasteiger partial charge on any atom is -0.396 e. The summed E-state index contributed by atoms with van der Waals surface area (Å²) in [6.07, 6.45) is -0.0676. The quantitative estimate of drug-likeness (QED) is 0.752. The molecular formula is C19H19F2N3O3. The first-order valence-electron chi connectivity index (χ1n) is 8.50. The summed E-state index contributed by atoms with van der Waals surface area (Å²) >= 11 is 0. The molecule has 1 aliphatic rings. The number of nitrogens with zero attached hydrogens (tertiary/aromatic N) is 1. The van der Waals surface area contributed by atoms with Gasteiger partial charge < -0.3 is 15.7 Å². The van der Waals surface area contributed by atoms with Crippen LogP contribution in [0.15, 0.2) is 48.5 Å². The third-order valence-corrected chi connectivity index (χ3v) is 4.39. The van der Waals surface area contributed by atoms with Crippen molar-refractivity contribution in [3.8, 4) is 0 Å². The fraction of sp³-hybridized carbons (Fsp3) is 0.263. The number of anilines is 2. The van der Waals surface area contributed by atoms with Crippen LogP contribution in [-0.2, 0) is 4.79 Å². The lowest BCUT2D eigenvalue weighted by atomic mass is 10.0. The fourth-order valence-electron chi connectivity index (χ4n) is 3.11. The molecule has 1 aliphatic heterocycles. The van der Waals surface area contributed by atoms with Crippen molar-refractivity contribution in [2.75, 3.05) is 16.8 Å². The number of aliphatic hydroxyl groups excluding tert-OH is 1. The Bertz CT molecular complexity index is 812. The number of rotatable bonds is 5. The molecule has 0 aromatic heterocycles. The summed E-state index contributed by atoms with van der Waals surface area (Å²) in [4.78, 5) is 26.4. The molecule has 8 heteroatoms.